The molecule has 0 atom stereocenters. The summed E-state index contributed by atoms with van der Waals surface area (Å²) in [6, 6.07) is 17.9. The Kier molecular flexibility index (Phi) is 4.77. The fourth-order valence-electron chi connectivity index (χ4n) is 2.28. The van der Waals surface area contributed by atoms with E-state index in [0.717, 1.165) is 5.56 Å². The summed E-state index contributed by atoms with van der Waals surface area (Å²) in [4.78, 5) is 16.6. The highest BCUT2D eigenvalue weighted by molar-refractivity contribution is 6.33. The lowest BCUT2D eigenvalue weighted by molar-refractivity contribution is 0.102. The van der Waals surface area contributed by atoms with Gasteiger partial charge in [-0.25, -0.2) is 0 Å². The number of benzene rings is 2. The van der Waals surface area contributed by atoms with Gasteiger partial charge in [0.1, 0.15) is 5.75 Å². The van der Waals surface area contributed by atoms with Crippen LogP contribution < -0.4 is 10.1 Å². The van der Waals surface area contributed by atoms with Gasteiger partial charge in [-0.2, -0.15) is 0 Å². The number of nitrogens with one attached hydrogen (secondary N) is 1. The molecule has 0 bridgehead atoms. The molecular formula is C19H15ClN2O2. The summed E-state index contributed by atoms with van der Waals surface area (Å²) in [5.41, 5.74) is 2.78. The number of nitrogens with zero attached hydrogens (tertiary/aromatic N) is 1. The Hall–Kier alpha value is -2.85. The molecule has 3 aromatic rings. The van der Waals surface area contributed by atoms with Crippen LogP contribution in [0.3, 0.4) is 0 Å². The van der Waals surface area contributed by atoms with Gasteiger partial charge in [-0.3, -0.25) is 9.78 Å². The van der Waals surface area contributed by atoms with Crippen LogP contribution in [0.1, 0.15) is 10.4 Å². The zero-order chi connectivity index (χ0) is 16.9. The summed E-state index contributed by atoms with van der Waals surface area (Å²) in [5.74, 6) is 0.495. The number of hydrogen-bond donors (Lipinski definition) is 1. The Morgan fingerprint density at radius 1 is 1.08 bits per heavy atom. The predicted octanol–water partition coefficient (Wildman–Crippen LogP) is 4.66. The fourth-order valence-corrected chi connectivity index (χ4v) is 2.51. The van der Waals surface area contributed by atoms with Crippen molar-refractivity contribution in [2.24, 2.45) is 0 Å². The highest BCUT2D eigenvalue weighted by atomic mass is 35.5. The molecular weight excluding hydrogens is 324 g/mol. The number of hydrogen-bond acceptors (Lipinski definition) is 3. The molecule has 24 heavy (non-hydrogen) atoms. The molecule has 0 aliphatic rings. The molecule has 0 spiro atoms. The van der Waals surface area contributed by atoms with E-state index in [1.807, 2.05) is 30.3 Å². The van der Waals surface area contributed by atoms with Crippen LogP contribution in [-0.2, 0) is 0 Å². The molecule has 0 fully saturated rings. The molecule has 0 aliphatic carbocycles. The lowest BCUT2D eigenvalue weighted by Crippen LogP contribution is -2.11. The molecule has 0 aliphatic heterocycles. The topological polar surface area (TPSA) is 51.2 Å². The number of pyridine rings is 1. The summed E-state index contributed by atoms with van der Waals surface area (Å²) in [5, 5.41) is 3.42. The van der Waals surface area contributed by atoms with Crippen LogP contribution in [0.25, 0.3) is 11.3 Å². The molecule has 1 N–H and O–H groups in total. The number of methoxy groups -OCH3 is 1. The van der Waals surface area contributed by atoms with Gasteiger partial charge in [-0.1, -0.05) is 29.8 Å². The maximum atomic E-state index is 12.3. The van der Waals surface area contributed by atoms with Crippen molar-refractivity contribution in [3.05, 3.63) is 77.4 Å². The van der Waals surface area contributed by atoms with E-state index in [9.17, 15) is 4.79 Å². The quantitative estimate of drug-likeness (QED) is 0.752. The zero-order valence-corrected chi connectivity index (χ0v) is 13.7. The van der Waals surface area contributed by atoms with Crippen molar-refractivity contribution >= 4 is 23.2 Å². The largest absolute Gasteiger partial charge is 0.497 e. The highest BCUT2D eigenvalue weighted by Gasteiger charge is 2.09. The summed E-state index contributed by atoms with van der Waals surface area (Å²) in [7, 11) is 1.59. The van der Waals surface area contributed by atoms with Crippen molar-refractivity contribution in [1.29, 1.82) is 0 Å². The van der Waals surface area contributed by atoms with Gasteiger partial charge in [0.05, 0.1) is 17.8 Å². The molecule has 2 aromatic carbocycles. The molecule has 0 unspecified atom stereocenters. The Morgan fingerprint density at radius 3 is 2.58 bits per heavy atom. The average Bonchev–Trinajstić information content (AvgIpc) is 2.62. The minimum absolute atomic E-state index is 0.193. The molecule has 1 aromatic heterocycles. The SMILES string of the molecule is COc1cccc(NC(=O)c2ccc(-c3ncccc3Cl)cc2)c1. The van der Waals surface area contributed by atoms with Crippen molar-refractivity contribution in [2.45, 2.75) is 0 Å². The third-order valence-corrected chi connectivity index (χ3v) is 3.81. The molecule has 120 valence electrons. The highest BCUT2D eigenvalue weighted by Crippen LogP contribution is 2.25. The first-order valence-electron chi connectivity index (χ1n) is 7.34. The smallest absolute Gasteiger partial charge is 0.255 e. The third-order valence-electron chi connectivity index (χ3n) is 3.51. The summed E-state index contributed by atoms with van der Waals surface area (Å²) >= 11 is 6.14. The molecule has 0 radical (unpaired) electrons. The number of aromatic nitrogens is 1. The normalized spacial score (nSPS) is 10.2. The summed E-state index contributed by atoms with van der Waals surface area (Å²) in [6.07, 6.45) is 1.69. The number of carbonyl (C=O) groups is 1. The number of amides is 1. The van der Waals surface area contributed by atoms with Gasteiger partial charge in [0.2, 0.25) is 0 Å². The fraction of sp³-hybridized carbons (Fsp3) is 0.0526. The van der Waals surface area contributed by atoms with Crippen molar-refractivity contribution < 1.29 is 9.53 Å². The van der Waals surface area contributed by atoms with Crippen molar-refractivity contribution in [3.8, 4) is 17.0 Å². The van der Waals surface area contributed by atoms with Crippen LogP contribution in [0.2, 0.25) is 5.02 Å². The van der Waals surface area contributed by atoms with E-state index in [0.29, 0.717) is 27.7 Å². The van der Waals surface area contributed by atoms with Gasteiger partial charge in [0.25, 0.3) is 5.91 Å². The average molecular weight is 339 g/mol. The number of rotatable bonds is 4. The van der Waals surface area contributed by atoms with Crippen molar-refractivity contribution in [1.82, 2.24) is 4.98 Å². The van der Waals surface area contributed by atoms with Crippen LogP contribution in [0, 0.1) is 0 Å². The first-order valence-corrected chi connectivity index (χ1v) is 7.71. The van der Waals surface area contributed by atoms with Crippen LogP contribution >= 0.6 is 11.6 Å². The maximum Gasteiger partial charge on any atom is 0.255 e. The van der Waals surface area contributed by atoms with E-state index in [2.05, 4.69) is 10.3 Å². The van der Waals surface area contributed by atoms with Crippen molar-refractivity contribution in [2.75, 3.05) is 12.4 Å². The second-order valence-corrected chi connectivity index (χ2v) is 5.50. The van der Waals surface area contributed by atoms with E-state index in [1.54, 1.807) is 43.6 Å². The minimum Gasteiger partial charge on any atom is -0.497 e. The maximum absolute atomic E-state index is 12.3. The lowest BCUT2D eigenvalue weighted by atomic mass is 10.1. The number of halogens is 1. The molecule has 1 heterocycles. The van der Waals surface area contributed by atoms with Gasteiger partial charge in [-0.05, 0) is 36.4 Å². The Labute approximate surface area is 145 Å². The standard InChI is InChI=1S/C19H15ClN2O2/c1-24-16-5-2-4-15(12-16)22-19(23)14-9-7-13(8-10-14)18-17(20)6-3-11-21-18/h2-12H,1H3,(H,22,23). The van der Waals surface area contributed by atoms with E-state index in [1.165, 1.54) is 0 Å². The molecule has 1 amide bonds. The third kappa shape index (κ3) is 3.55. The molecule has 0 saturated carbocycles. The van der Waals surface area contributed by atoms with Gasteiger partial charge < -0.3 is 10.1 Å². The van der Waals surface area contributed by atoms with Gasteiger partial charge in [-0.15, -0.1) is 0 Å². The molecule has 5 heteroatoms. The first-order chi connectivity index (χ1) is 11.7. The first kappa shape index (κ1) is 16.0. The monoisotopic (exact) mass is 338 g/mol. The predicted molar refractivity (Wildman–Crippen MR) is 95.6 cm³/mol. The molecule has 4 nitrogen and oxygen atoms in total. The number of ether oxygens (including phenoxy) is 1. The Morgan fingerprint density at radius 2 is 1.88 bits per heavy atom. The van der Waals surface area contributed by atoms with E-state index in [-0.39, 0.29) is 5.91 Å². The zero-order valence-electron chi connectivity index (χ0n) is 13.0. The van der Waals surface area contributed by atoms with E-state index < -0.39 is 0 Å². The second-order valence-electron chi connectivity index (χ2n) is 5.10. The van der Waals surface area contributed by atoms with Crippen LogP contribution in [0.15, 0.2) is 66.9 Å². The van der Waals surface area contributed by atoms with Crippen molar-refractivity contribution in [3.63, 3.8) is 0 Å². The van der Waals surface area contributed by atoms with E-state index in [4.69, 9.17) is 16.3 Å². The van der Waals surface area contributed by atoms with Crippen LogP contribution in [-0.4, -0.2) is 18.0 Å². The van der Waals surface area contributed by atoms with E-state index >= 15 is 0 Å². The Balaban J connectivity index is 1.78. The van der Waals surface area contributed by atoms with Gasteiger partial charge >= 0.3 is 0 Å². The summed E-state index contributed by atoms with van der Waals surface area (Å²) in [6.45, 7) is 0. The van der Waals surface area contributed by atoms with Crippen LogP contribution in [0.4, 0.5) is 5.69 Å². The second kappa shape index (κ2) is 7.15. The van der Waals surface area contributed by atoms with Gasteiger partial charge in [0, 0.05) is 29.1 Å². The number of anilines is 1. The lowest BCUT2D eigenvalue weighted by Gasteiger charge is -2.08. The molecule has 0 saturated heterocycles. The Bertz CT molecular complexity index is 863. The summed E-state index contributed by atoms with van der Waals surface area (Å²) < 4.78 is 5.15. The minimum atomic E-state index is -0.193. The van der Waals surface area contributed by atoms with Gasteiger partial charge in [0.15, 0.2) is 0 Å². The molecule has 3 rings (SSSR count). The number of carbonyl (C=O) groups excluding carboxylic acids is 1. The van der Waals surface area contributed by atoms with Crippen LogP contribution in [0.5, 0.6) is 5.75 Å².